The Morgan fingerprint density at radius 1 is 1.48 bits per heavy atom. The van der Waals surface area contributed by atoms with E-state index in [1.54, 1.807) is 12.1 Å². The normalized spacial score (nSPS) is 24.0. The number of amides is 2. The molecule has 3 N–H and O–H groups in total. The number of carbonyl (C=O) groups excluding carboxylic acids is 2. The molecule has 0 aliphatic carbocycles. The minimum absolute atomic E-state index is 0.0380. The fourth-order valence-electron chi connectivity index (χ4n) is 2.48. The summed E-state index contributed by atoms with van der Waals surface area (Å²) < 4.78 is 5.33. The molecule has 6 nitrogen and oxygen atoms in total. The van der Waals surface area contributed by atoms with Crippen LogP contribution in [0.4, 0.5) is 11.4 Å². The van der Waals surface area contributed by atoms with Gasteiger partial charge in [0.1, 0.15) is 5.75 Å². The largest absolute Gasteiger partial charge is 0.482 e. The van der Waals surface area contributed by atoms with E-state index in [-0.39, 0.29) is 18.4 Å². The summed E-state index contributed by atoms with van der Waals surface area (Å²) in [6.07, 6.45) is 0.786. The molecule has 3 rings (SSSR count). The van der Waals surface area contributed by atoms with Crippen LogP contribution in [0, 0.1) is 5.41 Å². The molecule has 21 heavy (non-hydrogen) atoms. The van der Waals surface area contributed by atoms with E-state index in [1.807, 2.05) is 6.92 Å². The average Bonchev–Trinajstić information content (AvgIpc) is 2.88. The van der Waals surface area contributed by atoms with Crippen molar-refractivity contribution in [1.29, 1.82) is 0 Å². The second kappa shape index (κ2) is 5.20. The smallest absolute Gasteiger partial charge is 0.262 e. The zero-order valence-electron chi connectivity index (χ0n) is 11.6. The lowest BCUT2D eigenvalue weighted by atomic mass is 9.88. The highest BCUT2D eigenvalue weighted by atomic mass is 35.5. The minimum Gasteiger partial charge on any atom is -0.482 e. The fourth-order valence-corrected chi connectivity index (χ4v) is 2.69. The summed E-state index contributed by atoms with van der Waals surface area (Å²) in [5, 5.41) is 9.07. The Morgan fingerprint density at radius 3 is 3.00 bits per heavy atom. The molecule has 0 radical (unpaired) electrons. The number of nitrogens with one attached hydrogen (secondary N) is 3. The van der Waals surface area contributed by atoms with Crippen LogP contribution in [0.2, 0.25) is 5.02 Å². The first-order valence-corrected chi connectivity index (χ1v) is 7.14. The molecular weight excluding hydrogens is 294 g/mol. The van der Waals surface area contributed by atoms with E-state index in [0.717, 1.165) is 13.0 Å². The van der Waals surface area contributed by atoms with Crippen LogP contribution in [0.1, 0.15) is 13.3 Å². The van der Waals surface area contributed by atoms with Gasteiger partial charge in [0.25, 0.3) is 5.91 Å². The van der Waals surface area contributed by atoms with Crippen molar-refractivity contribution in [3.63, 3.8) is 0 Å². The van der Waals surface area contributed by atoms with Crippen molar-refractivity contribution in [3.05, 3.63) is 17.2 Å². The molecule has 7 heteroatoms. The quantitative estimate of drug-likeness (QED) is 0.775. The Morgan fingerprint density at radius 2 is 2.29 bits per heavy atom. The van der Waals surface area contributed by atoms with Crippen LogP contribution < -0.4 is 20.7 Å². The highest BCUT2D eigenvalue weighted by Gasteiger charge is 2.36. The minimum atomic E-state index is -0.436. The third-order valence-electron chi connectivity index (χ3n) is 3.87. The molecule has 0 aromatic heterocycles. The predicted molar refractivity (Wildman–Crippen MR) is 79.8 cm³/mol. The van der Waals surface area contributed by atoms with Crippen molar-refractivity contribution in [2.75, 3.05) is 30.3 Å². The Hall–Kier alpha value is -1.79. The zero-order valence-corrected chi connectivity index (χ0v) is 12.3. The second-order valence-electron chi connectivity index (χ2n) is 5.61. The molecule has 1 fully saturated rings. The number of hydrogen-bond acceptors (Lipinski definition) is 4. The molecule has 2 heterocycles. The lowest BCUT2D eigenvalue weighted by Crippen LogP contribution is -2.35. The van der Waals surface area contributed by atoms with Gasteiger partial charge in [0.15, 0.2) is 6.61 Å². The van der Waals surface area contributed by atoms with Gasteiger partial charge in [-0.1, -0.05) is 11.6 Å². The number of carbonyl (C=O) groups is 2. The highest BCUT2D eigenvalue weighted by Crippen LogP contribution is 2.37. The molecule has 112 valence electrons. The molecule has 0 spiro atoms. The van der Waals surface area contributed by atoms with Crippen LogP contribution in [0.5, 0.6) is 5.75 Å². The van der Waals surface area contributed by atoms with Crippen molar-refractivity contribution in [2.45, 2.75) is 13.3 Å². The molecule has 2 aliphatic heterocycles. The van der Waals surface area contributed by atoms with E-state index in [9.17, 15) is 9.59 Å². The van der Waals surface area contributed by atoms with Crippen molar-refractivity contribution in [1.82, 2.24) is 5.32 Å². The van der Waals surface area contributed by atoms with E-state index in [2.05, 4.69) is 16.0 Å². The number of rotatable bonds is 2. The number of benzene rings is 1. The zero-order chi connectivity index (χ0) is 15.0. The molecule has 1 atom stereocenters. The van der Waals surface area contributed by atoms with Gasteiger partial charge < -0.3 is 20.7 Å². The van der Waals surface area contributed by atoms with Crippen LogP contribution in [0.3, 0.4) is 0 Å². The third-order valence-corrected chi connectivity index (χ3v) is 4.18. The van der Waals surface area contributed by atoms with Gasteiger partial charge in [0.2, 0.25) is 5.91 Å². The van der Waals surface area contributed by atoms with Crippen LogP contribution in [-0.2, 0) is 9.59 Å². The van der Waals surface area contributed by atoms with Crippen LogP contribution >= 0.6 is 11.6 Å². The summed E-state index contributed by atoms with van der Waals surface area (Å²) >= 11 is 6.17. The average molecular weight is 310 g/mol. The number of fused-ring (bicyclic) bond motifs is 1. The molecule has 1 saturated heterocycles. The maximum atomic E-state index is 12.4. The standard InChI is InChI=1S/C14H16ClN3O3/c1-14(2-3-16-7-14)13(20)18-9-5-11-10(4-8(9)15)17-12(19)6-21-11/h4-5,16H,2-3,6-7H2,1H3,(H,17,19)(H,18,20). The topological polar surface area (TPSA) is 79.5 Å². The number of halogens is 1. The molecule has 2 amide bonds. The Kier molecular flexibility index (Phi) is 3.51. The van der Waals surface area contributed by atoms with E-state index in [4.69, 9.17) is 16.3 Å². The molecule has 1 unspecified atom stereocenters. The van der Waals surface area contributed by atoms with E-state index in [1.165, 1.54) is 0 Å². The number of hydrogen-bond donors (Lipinski definition) is 3. The molecule has 0 saturated carbocycles. The lowest BCUT2D eigenvalue weighted by Gasteiger charge is -2.23. The number of anilines is 2. The summed E-state index contributed by atoms with van der Waals surface area (Å²) in [5.74, 6) is 0.207. The lowest BCUT2D eigenvalue weighted by molar-refractivity contribution is -0.123. The number of ether oxygens (including phenoxy) is 1. The first-order chi connectivity index (χ1) is 9.98. The van der Waals surface area contributed by atoms with Crippen LogP contribution in [-0.4, -0.2) is 31.5 Å². The second-order valence-corrected chi connectivity index (χ2v) is 6.01. The molecule has 1 aromatic carbocycles. The van der Waals surface area contributed by atoms with Crippen LogP contribution in [0.25, 0.3) is 0 Å². The van der Waals surface area contributed by atoms with Gasteiger partial charge in [0.05, 0.1) is 21.8 Å². The van der Waals surface area contributed by atoms with Gasteiger partial charge in [-0.3, -0.25) is 9.59 Å². The summed E-state index contributed by atoms with van der Waals surface area (Å²) in [6, 6.07) is 3.22. The highest BCUT2D eigenvalue weighted by molar-refractivity contribution is 6.34. The monoisotopic (exact) mass is 309 g/mol. The maximum Gasteiger partial charge on any atom is 0.262 e. The van der Waals surface area contributed by atoms with Crippen molar-refractivity contribution >= 4 is 34.8 Å². The SMILES string of the molecule is CC1(C(=O)Nc2cc3c(cc2Cl)NC(=O)CO3)CCNC1. The summed E-state index contributed by atoms with van der Waals surface area (Å²) in [5.41, 5.74) is 0.571. The van der Waals surface area contributed by atoms with Gasteiger partial charge in [-0.2, -0.15) is 0 Å². The van der Waals surface area contributed by atoms with Gasteiger partial charge in [-0.05, 0) is 26.0 Å². The van der Waals surface area contributed by atoms with Crippen molar-refractivity contribution in [2.24, 2.45) is 5.41 Å². The molecular formula is C14H16ClN3O3. The summed E-state index contributed by atoms with van der Waals surface area (Å²) in [7, 11) is 0. The van der Waals surface area contributed by atoms with Crippen LogP contribution in [0.15, 0.2) is 12.1 Å². The maximum absolute atomic E-state index is 12.4. The van der Waals surface area contributed by atoms with Gasteiger partial charge in [-0.25, -0.2) is 0 Å². The Labute approximate surface area is 127 Å². The van der Waals surface area contributed by atoms with Crippen molar-refractivity contribution in [3.8, 4) is 5.75 Å². The first kappa shape index (κ1) is 14.2. The molecule has 0 bridgehead atoms. The Bertz CT molecular complexity index is 612. The Balaban J connectivity index is 1.83. The molecule has 2 aliphatic rings. The van der Waals surface area contributed by atoms with Crippen molar-refractivity contribution < 1.29 is 14.3 Å². The van der Waals surface area contributed by atoms with Gasteiger partial charge >= 0.3 is 0 Å². The third kappa shape index (κ3) is 2.69. The van der Waals surface area contributed by atoms with Gasteiger partial charge in [-0.15, -0.1) is 0 Å². The summed E-state index contributed by atoms with van der Waals surface area (Å²) in [4.78, 5) is 23.6. The summed E-state index contributed by atoms with van der Waals surface area (Å²) in [6.45, 7) is 3.36. The van der Waals surface area contributed by atoms with E-state index < -0.39 is 5.41 Å². The molecule has 1 aromatic rings. The predicted octanol–water partition coefficient (Wildman–Crippen LogP) is 1.61. The van der Waals surface area contributed by atoms with E-state index in [0.29, 0.717) is 28.7 Å². The van der Waals surface area contributed by atoms with Gasteiger partial charge in [0, 0.05) is 12.6 Å². The fraction of sp³-hybridized carbons (Fsp3) is 0.429. The van der Waals surface area contributed by atoms with E-state index >= 15 is 0 Å². The first-order valence-electron chi connectivity index (χ1n) is 6.76.